The smallest absolute Gasteiger partial charge is 0.404 e. The summed E-state index contributed by atoms with van der Waals surface area (Å²) >= 11 is 0. The maximum Gasteiger partial charge on any atom is 0.573 e. The predicted molar refractivity (Wildman–Crippen MR) is 58.3 cm³/mol. The fourth-order valence-corrected chi connectivity index (χ4v) is 1.06. The molecular weight excluding hydrogens is 233 g/mol. The third kappa shape index (κ3) is 4.66. The van der Waals surface area contributed by atoms with Crippen LogP contribution in [-0.2, 0) is 0 Å². The molecule has 0 aliphatic heterocycles. The second-order valence-electron chi connectivity index (χ2n) is 3.13. The zero-order valence-electron chi connectivity index (χ0n) is 9.06. The zero-order chi connectivity index (χ0) is 12.9. The van der Waals surface area contributed by atoms with Crippen LogP contribution >= 0.6 is 0 Å². The molecule has 92 valence electrons. The van der Waals surface area contributed by atoms with Crippen LogP contribution < -0.4 is 15.8 Å². The van der Waals surface area contributed by atoms with Crippen molar-refractivity contribution in [3.8, 4) is 17.6 Å². The van der Waals surface area contributed by atoms with Gasteiger partial charge in [0.2, 0.25) is 0 Å². The molecule has 0 aromatic heterocycles. The zero-order valence-corrected chi connectivity index (χ0v) is 9.06. The standard InChI is InChI=1S/C11H11F3N2O/c1-16-6-2-3-8-4-5-9(15)10(7-8)17-11(12,13)14/h4-5,7,16H,6,15H2,1H3. The molecule has 0 bridgehead atoms. The van der Waals surface area contributed by atoms with Crippen LogP contribution in [0.5, 0.6) is 5.75 Å². The van der Waals surface area contributed by atoms with Crippen LogP contribution in [0.25, 0.3) is 0 Å². The van der Waals surface area contributed by atoms with Crippen molar-refractivity contribution in [3.05, 3.63) is 23.8 Å². The molecule has 0 atom stereocenters. The Kier molecular flexibility index (Phi) is 4.24. The number of nitrogen functional groups attached to an aromatic ring is 1. The molecule has 3 N–H and O–H groups in total. The number of halogens is 3. The molecule has 0 heterocycles. The number of nitrogens with one attached hydrogen (secondary N) is 1. The molecule has 17 heavy (non-hydrogen) atoms. The first-order valence-electron chi connectivity index (χ1n) is 4.71. The minimum Gasteiger partial charge on any atom is -0.404 e. The van der Waals surface area contributed by atoms with E-state index in [9.17, 15) is 13.2 Å². The molecule has 0 radical (unpaired) electrons. The summed E-state index contributed by atoms with van der Waals surface area (Å²) in [5.41, 5.74) is 5.69. The Morgan fingerprint density at radius 2 is 2.12 bits per heavy atom. The molecular formula is C11H11F3N2O. The number of hydrogen-bond acceptors (Lipinski definition) is 3. The van der Waals surface area contributed by atoms with Gasteiger partial charge >= 0.3 is 6.36 Å². The maximum atomic E-state index is 12.0. The van der Waals surface area contributed by atoms with Gasteiger partial charge in [0.15, 0.2) is 5.75 Å². The van der Waals surface area contributed by atoms with Crippen LogP contribution in [0.2, 0.25) is 0 Å². The van der Waals surface area contributed by atoms with Gasteiger partial charge in [0.1, 0.15) is 0 Å². The molecule has 3 nitrogen and oxygen atoms in total. The third-order valence-corrected chi connectivity index (χ3v) is 1.74. The van der Waals surface area contributed by atoms with E-state index in [1.165, 1.54) is 12.1 Å². The summed E-state index contributed by atoms with van der Waals surface area (Å²) in [6, 6.07) is 4.01. The highest BCUT2D eigenvalue weighted by atomic mass is 19.4. The number of benzene rings is 1. The molecule has 1 aromatic carbocycles. The lowest BCUT2D eigenvalue weighted by atomic mass is 10.2. The maximum absolute atomic E-state index is 12.0. The molecule has 6 heteroatoms. The Hall–Kier alpha value is -1.87. The summed E-state index contributed by atoms with van der Waals surface area (Å²) in [6.07, 6.45) is -4.76. The molecule has 0 fully saturated rings. The Labute approximate surface area is 96.8 Å². The number of anilines is 1. The Morgan fingerprint density at radius 3 is 2.71 bits per heavy atom. The number of alkyl halides is 3. The number of nitrogens with two attached hydrogens (primary N) is 1. The number of ether oxygens (including phenoxy) is 1. The van der Waals surface area contributed by atoms with Crippen LogP contribution in [0.15, 0.2) is 18.2 Å². The lowest BCUT2D eigenvalue weighted by molar-refractivity contribution is -0.274. The molecule has 0 saturated carbocycles. The van der Waals surface area contributed by atoms with E-state index in [-0.39, 0.29) is 5.69 Å². The van der Waals surface area contributed by atoms with Crippen LogP contribution in [0.4, 0.5) is 18.9 Å². The topological polar surface area (TPSA) is 47.3 Å². The summed E-state index contributed by atoms with van der Waals surface area (Å²) < 4.78 is 39.9. The van der Waals surface area contributed by atoms with E-state index in [4.69, 9.17) is 5.73 Å². The average Bonchev–Trinajstić information content (AvgIpc) is 2.21. The van der Waals surface area contributed by atoms with Crippen LogP contribution in [0.1, 0.15) is 5.56 Å². The van der Waals surface area contributed by atoms with Gasteiger partial charge in [0, 0.05) is 5.56 Å². The third-order valence-electron chi connectivity index (χ3n) is 1.74. The van der Waals surface area contributed by atoms with Crippen molar-refractivity contribution in [2.24, 2.45) is 0 Å². The van der Waals surface area contributed by atoms with E-state index in [1.807, 2.05) is 0 Å². The first kappa shape index (κ1) is 13.2. The SMILES string of the molecule is CNCC#Cc1ccc(N)c(OC(F)(F)F)c1. The monoisotopic (exact) mass is 244 g/mol. The molecule has 0 amide bonds. The van der Waals surface area contributed by atoms with E-state index in [0.717, 1.165) is 6.07 Å². The van der Waals surface area contributed by atoms with E-state index < -0.39 is 12.1 Å². The van der Waals surface area contributed by atoms with Gasteiger partial charge in [-0.2, -0.15) is 0 Å². The summed E-state index contributed by atoms with van der Waals surface area (Å²) in [7, 11) is 1.72. The second-order valence-corrected chi connectivity index (χ2v) is 3.13. The van der Waals surface area contributed by atoms with Crippen LogP contribution in [-0.4, -0.2) is 20.0 Å². The van der Waals surface area contributed by atoms with Gasteiger partial charge in [-0.1, -0.05) is 11.8 Å². The Morgan fingerprint density at radius 1 is 1.41 bits per heavy atom. The molecule has 0 aliphatic carbocycles. The van der Waals surface area contributed by atoms with Crippen molar-refractivity contribution in [2.45, 2.75) is 6.36 Å². The van der Waals surface area contributed by atoms with Gasteiger partial charge < -0.3 is 15.8 Å². The van der Waals surface area contributed by atoms with E-state index in [1.54, 1.807) is 7.05 Å². The molecule has 0 spiro atoms. The average molecular weight is 244 g/mol. The Bertz CT molecular complexity index is 446. The highest BCUT2D eigenvalue weighted by Crippen LogP contribution is 2.28. The van der Waals surface area contributed by atoms with Crippen molar-refractivity contribution in [2.75, 3.05) is 19.3 Å². The molecule has 0 saturated heterocycles. The minimum atomic E-state index is -4.76. The van der Waals surface area contributed by atoms with Gasteiger partial charge in [-0.3, -0.25) is 0 Å². The summed E-state index contributed by atoms with van der Waals surface area (Å²) in [5, 5.41) is 2.79. The summed E-state index contributed by atoms with van der Waals surface area (Å²) in [4.78, 5) is 0. The summed E-state index contributed by atoms with van der Waals surface area (Å²) in [6.45, 7) is 0.444. The predicted octanol–water partition coefficient (Wildman–Crippen LogP) is 1.74. The molecule has 0 aliphatic rings. The van der Waals surface area contributed by atoms with Gasteiger partial charge in [-0.25, -0.2) is 0 Å². The van der Waals surface area contributed by atoms with E-state index >= 15 is 0 Å². The quantitative estimate of drug-likeness (QED) is 0.615. The normalized spacial score (nSPS) is 10.6. The minimum absolute atomic E-state index is 0.0820. The first-order chi connectivity index (χ1) is 7.92. The molecule has 1 aromatic rings. The van der Waals surface area contributed by atoms with Crippen molar-refractivity contribution in [1.29, 1.82) is 0 Å². The van der Waals surface area contributed by atoms with Gasteiger partial charge in [-0.05, 0) is 25.2 Å². The fourth-order valence-electron chi connectivity index (χ4n) is 1.06. The largest absolute Gasteiger partial charge is 0.573 e. The van der Waals surface area contributed by atoms with Crippen molar-refractivity contribution < 1.29 is 17.9 Å². The van der Waals surface area contributed by atoms with Gasteiger partial charge in [0.05, 0.1) is 12.2 Å². The lowest BCUT2D eigenvalue weighted by Crippen LogP contribution is -2.18. The van der Waals surface area contributed by atoms with E-state index in [0.29, 0.717) is 12.1 Å². The first-order valence-corrected chi connectivity index (χ1v) is 4.71. The van der Waals surface area contributed by atoms with Crippen molar-refractivity contribution in [3.63, 3.8) is 0 Å². The van der Waals surface area contributed by atoms with Gasteiger partial charge in [-0.15, -0.1) is 13.2 Å². The van der Waals surface area contributed by atoms with Crippen molar-refractivity contribution >= 4 is 5.69 Å². The molecule has 1 rings (SSSR count). The van der Waals surface area contributed by atoms with Crippen LogP contribution in [0.3, 0.4) is 0 Å². The van der Waals surface area contributed by atoms with E-state index in [2.05, 4.69) is 21.9 Å². The highest BCUT2D eigenvalue weighted by Gasteiger charge is 2.31. The van der Waals surface area contributed by atoms with Crippen molar-refractivity contribution in [1.82, 2.24) is 5.32 Å². The number of rotatable bonds is 2. The highest BCUT2D eigenvalue weighted by molar-refractivity contribution is 5.56. The second kappa shape index (κ2) is 5.46. The van der Waals surface area contributed by atoms with Crippen LogP contribution in [0, 0.1) is 11.8 Å². The lowest BCUT2D eigenvalue weighted by Gasteiger charge is -2.10. The van der Waals surface area contributed by atoms with Gasteiger partial charge in [0.25, 0.3) is 0 Å². The number of hydrogen-bond donors (Lipinski definition) is 2. The summed E-state index contributed by atoms with van der Waals surface area (Å²) in [5.74, 6) is 4.97. The molecule has 0 unspecified atom stereocenters. The fraction of sp³-hybridized carbons (Fsp3) is 0.273. The Balaban J connectivity index is 2.92.